The van der Waals surface area contributed by atoms with Crippen LogP contribution in [0.1, 0.15) is 25.8 Å². The summed E-state index contributed by atoms with van der Waals surface area (Å²) in [6.45, 7) is 4.53. The number of benzene rings is 3. The second kappa shape index (κ2) is 9.55. The van der Waals surface area contributed by atoms with Crippen LogP contribution in [0, 0.1) is 0 Å². The van der Waals surface area contributed by atoms with Crippen molar-refractivity contribution in [2.75, 3.05) is 11.9 Å². The maximum Gasteiger partial charge on any atom is 0.262 e. The summed E-state index contributed by atoms with van der Waals surface area (Å²) >= 11 is 0. The molecule has 3 aromatic rings. The van der Waals surface area contributed by atoms with Gasteiger partial charge in [0.15, 0.2) is 0 Å². The highest BCUT2D eigenvalue weighted by Gasteiger charge is 2.15. The zero-order valence-corrected chi connectivity index (χ0v) is 16.2. The van der Waals surface area contributed by atoms with E-state index in [0.717, 1.165) is 22.4 Å². The minimum Gasteiger partial charge on any atom is -0.494 e. The number of fused-ring (bicyclic) bond motifs is 1. The summed E-state index contributed by atoms with van der Waals surface area (Å²) in [5.74, 6) is 0.638. The summed E-state index contributed by atoms with van der Waals surface area (Å²) in [6.07, 6.45) is 2.30. The molecule has 144 valence electrons. The van der Waals surface area contributed by atoms with Gasteiger partial charge in [-0.15, -0.1) is 0 Å². The molecule has 0 aliphatic heterocycles. The second-order valence-electron chi connectivity index (χ2n) is 6.40. The van der Waals surface area contributed by atoms with E-state index in [9.17, 15) is 4.79 Å². The number of ether oxygens (including phenoxy) is 1. The molecule has 0 heterocycles. The molecule has 0 fully saturated rings. The predicted octanol–water partition coefficient (Wildman–Crippen LogP) is 4.58. The van der Waals surface area contributed by atoms with Gasteiger partial charge in [0.25, 0.3) is 5.91 Å². The topological polar surface area (TPSA) is 62.7 Å². The average molecular weight is 375 g/mol. The molecule has 0 aliphatic carbocycles. The van der Waals surface area contributed by atoms with Crippen molar-refractivity contribution in [3.05, 3.63) is 72.3 Å². The van der Waals surface area contributed by atoms with E-state index < -0.39 is 0 Å². The van der Waals surface area contributed by atoms with Crippen molar-refractivity contribution in [3.8, 4) is 5.75 Å². The summed E-state index contributed by atoms with van der Waals surface area (Å²) in [5.41, 5.74) is 4.43. The Balaban J connectivity index is 1.58. The molecule has 3 rings (SSSR count). The molecule has 1 amide bonds. The fourth-order valence-electron chi connectivity index (χ4n) is 2.90. The van der Waals surface area contributed by atoms with E-state index in [1.807, 2.05) is 68.4 Å². The lowest BCUT2D eigenvalue weighted by molar-refractivity contribution is -0.121. The van der Waals surface area contributed by atoms with Crippen molar-refractivity contribution in [2.45, 2.75) is 26.3 Å². The highest BCUT2D eigenvalue weighted by atomic mass is 16.5. The summed E-state index contributed by atoms with van der Waals surface area (Å²) < 4.78 is 5.44. The molecule has 5 nitrogen and oxygen atoms in total. The van der Waals surface area contributed by atoms with Gasteiger partial charge in [0.05, 0.1) is 12.8 Å². The monoisotopic (exact) mass is 375 g/mol. The minimum atomic E-state index is -0.369. The Labute approximate surface area is 165 Å². The Bertz CT molecular complexity index is 951. The zero-order valence-electron chi connectivity index (χ0n) is 16.2. The van der Waals surface area contributed by atoms with Crippen LogP contribution in [0.25, 0.3) is 10.8 Å². The molecular formula is C23H25N3O2. The summed E-state index contributed by atoms with van der Waals surface area (Å²) in [4.78, 5) is 12.4. The number of amides is 1. The summed E-state index contributed by atoms with van der Waals surface area (Å²) in [5, 5.41) is 9.66. The molecule has 3 aromatic carbocycles. The maximum absolute atomic E-state index is 12.4. The number of hydrazone groups is 1. The van der Waals surface area contributed by atoms with Crippen molar-refractivity contribution in [1.82, 2.24) is 5.43 Å². The fourth-order valence-corrected chi connectivity index (χ4v) is 2.90. The van der Waals surface area contributed by atoms with Gasteiger partial charge in [-0.05, 0) is 60.0 Å². The highest BCUT2D eigenvalue weighted by molar-refractivity contribution is 5.91. The van der Waals surface area contributed by atoms with Crippen molar-refractivity contribution in [3.63, 3.8) is 0 Å². The molecule has 0 aromatic heterocycles. The smallest absolute Gasteiger partial charge is 0.262 e. The van der Waals surface area contributed by atoms with E-state index >= 15 is 0 Å². The van der Waals surface area contributed by atoms with Gasteiger partial charge in [0, 0.05) is 5.69 Å². The molecule has 0 saturated heterocycles. The van der Waals surface area contributed by atoms with Crippen LogP contribution in [0.4, 0.5) is 5.69 Å². The van der Waals surface area contributed by atoms with Crippen LogP contribution in [0.5, 0.6) is 5.75 Å². The molecule has 0 spiro atoms. The van der Waals surface area contributed by atoms with Crippen LogP contribution in [-0.4, -0.2) is 24.8 Å². The molecule has 0 bridgehead atoms. The number of hydrogen-bond acceptors (Lipinski definition) is 4. The number of carbonyl (C=O) groups is 1. The molecule has 0 aliphatic rings. The standard InChI is InChI=1S/C23H25N3O2/c1-3-22(25-20-11-13-21(14-12-20)28-4-2)23(27)26-24-16-17-9-10-18-7-5-6-8-19(18)15-17/h5-16,22,25H,3-4H2,1-2H3,(H,26,27)/b24-16-/t22-/m1/s1. The van der Waals surface area contributed by atoms with Gasteiger partial charge >= 0.3 is 0 Å². The first-order valence-corrected chi connectivity index (χ1v) is 9.50. The van der Waals surface area contributed by atoms with Crippen LogP contribution in [0.2, 0.25) is 0 Å². The number of carbonyl (C=O) groups excluding carboxylic acids is 1. The number of nitrogens with zero attached hydrogens (tertiary/aromatic N) is 1. The van der Waals surface area contributed by atoms with Gasteiger partial charge < -0.3 is 10.1 Å². The van der Waals surface area contributed by atoms with Crippen LogP contribution in [0.3, 0.4) is 0 Å². The Morgan fingerprint density at radius 1 is 1.04 bits per heavy atom. The van der Waals surface area contributed by atoms with E-state index in [0.29, 0.717) is 13.0 Å². The third kappa shape index (κ3) is 5.10. The van der Waals surface area contributed by atoms with E-state index in [4.69, 9.17) is 4.74 Å². The number of hydrogen-bond donors (Lipinski definition) is 2. The lowest BCUT2D eigenvalue weighted by atomic mass is 10.1. The normalized spacial score (nSPS) is 12.1. The fraction of sp³-hybridized carbons (Fsp3) is 0.217. The SMILES string of the molecule is CCOc1ccc(N[C@H](CC)C(=O)N/N=C\c2ccc3ccccc3c2)cc1. The quantitative estimate of drug-likeness (QED) is 0.447. The van der Waals surface area contributed by atoms with E-state index in [1.165, 1.54) is 5.39 Å². The van der Waals surface area contributed by atoms with Gasteiger partial charge in [-0.25, -0.2) is 5.43 Å². The minimum absolute atomic E-state index is 0.173. The van der Waals surface area contributed by atoms with Crippen LogP contribution >= 0.6 is 0 Å². The largest absolute Gasteiger partial charge is 0.494 e. The second-order valence-corrected chi connectivity index (χ2v) is 6.40. The Morgan fingerprint density at radius 3 is 2.50 bits per heavy atom. The van der Waals surface area contributed by atoms with Gasteiger partial charge in [0.2, 0.25) is 0 Å². The molecule has 0 radical (unpaired) electrons. The van der Waals surface area contributed by atoms with Crippen LogP contribution in [0.15, 0.2) is 71.8 Å². The molecule has 5 heteroatoms. The van der Waals surface area contributed by atoms with Gasteiger partial charge in [-0.2, -0.15) is 5.10 Å². The molecule has 1 atom stereocenters. The third-order valence-electron chi connectivity index (χ3n) is 4.39. The first-order valence-electron chi connectivity index (χ1n) is 9.50. The van der Waals surface area contributed by atoms with E-state index in [1.54, 1.807) is 6.21 Å². The summed E-state index contributed by atoms with van der Waals surface area (Å²) in [6, 6.07) is 21.4. The van der Waals surface area contributed by atoms with E-state index in [-0.39, 0.29) is 11.9 Å². The average Bonchev–Trinajstić information content (AvgIpc) is 2.73. The first kappa shape index (κ1) is 19.4. The Hall–Kier alpha value is -3.34. The molecular weight excluding hydrogens is 350 g/mol. The number of nitrogens with one attached hydrogen (secondary N) is 2. The third-order valence-corrected chi connectivity index (χ3v) is 4.39. The van der Waals surface area contributed by atoms with Crippen molar-refractivity contribution >= 4 is 28.6 Å². The summed E-state index contributed by atoms with van der Waals surface area (Å²) in [7, 11) is 0. The van der Waals surface area contributed by atoms with Crippen LogP contribution < -0.4 is 15.5 Å². The Kier molecular flexibility index (Phi) is 6.63. The lowest BCUT2D eigenvalue weighted by Gasteiger charge is -2.16. The van der Waals surface area contributed by atoms with E-state index in [2.05, 4.69) is 28.0 Å². The van der Waals surface area contributed by atoms with Gasteiger partial charge in [-0.3, -0.25) is 4.79 Å². The van der Waals surface area contributed by atoms with Crippen molar-refractivity contribution in [2.24, 2.45) is 5.10 Å². The number of anilines is 1. The number of rotatable bonds is 8. The first-order chi connectivity index (χ1) is 13.7. The highest BCUT2D eigenvalue weighted by Crippen LogP contribution is 2.17. The molecule has 0 saturated carbocycles. The lowest BCUT2D eigenvalue weighted by Crippen LogP contribution is -2.36. The molecule has 2 N–H and O–H groups in total. The van der Waals surface area contributed by atoms with Crippen molar-refractivity contribution in [1.29, 1.82) is 0 Å². The van der Waals surface area contributed by atoms with Crippen molar-refractivity contribution < 1.29 is 9.53 Å². The zero-order chi connectivity index (χ0) is 19.8. The van der Waals surface area contributed by atoms with Gasteiger partial charge in [-0.1, -0.05) is 43.3 Å². The maximum atomic E-state index is 12.4. The molecule has 28 heavy (non-hydrogen) atoms. The van der Waals surface area contributed by atoms with Gasteiger partial charge in [0.1, 0.15) is 11.8 Å². The predicted molar refractivity (Wildman–Crippen MR) is 115 cm³/mol. The Morgan fingerprint density at radius 2 is 1.79 bits per heavy atom. The molecule has 0 unspecified atom stereocenters. The van der Waals surface area contributed by atoms with Crippen LogP contribution in [-0.2, 0) is 4.79 Å².